The number of aliphatic hydroxyl groups excluding tert-OH is 1. The number of hydrogen-bond donors (Lipinski definition) is 2. The summed E-state index contributed by atoms with van der Waals surface area (Å²) in [7, 11) is 0. The summed E-state index contributed by atoms with van der Waals surface area (Å²) in [6.45, 7) is -0.113. The molecule has 0 aromatic heterocycles. The third-order valence-corrected chi connectivity index (χ3v) is 1.94. The molecule has 0 bridgehead atoms. The van der Waals surface area contributed by atoms with Crippen LogP contribution in [0.3, 0.4) is 0 Å². The van der Waals surface area contributed by atoms with Crippen LogP contribution in [0.1, 0.15) is 0 Å². The van der Waals surface area contributed by atoms with Crippen molar-refractivity contribution in [2.45, 2.75) is 0 Å². The smallest absolute Gasteiger partial charge is 0.113 e. The van der Waals surface area contributed by atoms with Gasteiger partial charge in [0, 0.05) is 5.69 Å². The second kappa shape index (κ2) is 3.81. The van der Waals surface area contributed by atoms with Crippen molar-refractivity contribution in [3.63, 3.8) is 0 Å². The number of anilines is 1. The van der Waals surface area contributed by atoms with Gasteiger partial charge in [-0.05, 0) is 18.2 Å². The lowest BCUT2D eigenvalue weighted by atomic mass is 10.3. The highest BCUT2D eigenvalue weighted by atomic mass is 35.5. The van der Waals surface area contributed by atoms with Crippen LogP contribution in [0.2, 0.25) is 10.0 Å². The van der Waals surface area contributed by atoms with Crippen molar-refractivity contribution < 1.29 is 5.11 Å². The number of rotatable bonds is 2. The molecule has 0 amide bonds. The van der Waals surface area contributed by atoms with E-state index >= 15 is 0 Å². The van der Waals surface area contributed by atoms with Crippen LogP contribution in [0.5, 0.6) is 0 Å². The molecule has 0 fully saturated rings. The summed E-state index contributed by atoms with van der Waals surface area (Å²) in [5.41, 5.74) is 0.752. The summed E-state index contributed by atoms with van der Waals surface area (Å²) < 4.78 is 0. The van der Waals surface area contributed by atoms with Crippen molar-refractivity contribution in [2.75, 3.05) is 12.0 Å². The zero-order valence-electron chi connectivity index (χ0n) is 5.64. The molecule has 0 aliphatic heterocycles. The molecule has 0 heterocycles. The molecule has 0 aliphatic rings. The molecule has 1 rings (SSSR count). The van der Waals surface area contributed by atoms with E-state index in [4.69, 9.17) is 28.3 Å². The monoisotopic (exact) mass is 191 g/mol. The number of nitrogens with one attached hydrogen (secondary N) is 1. The summed E-state index contributed by atoms with van der Waals surface area (Å²) in [6.07, 6.45) is 0. The van der Waals surface area contributed by atoms with Gasteiger partial charge in [-0.3, -0.25) is 0 Å². The lowest BCUT2D eigenvalue weighted by Crippen LogP contribution is -1.98. The first kappa shape index (κ1) is 8.65. The van der Waals surface area contributed by atoms with E-state index in [-0.39, 0.29) is 6.73 Å². The van der Waals surface area contributed by atoms with Crippen molar-refractivity contribution in [2.24, 2.45) is 0 Å². The van der Waals surface area contributed by atoms with Crippen LogP contribution < -0.4 is 5.32 Å². The quantitative estimate of drug-likeness (QED) is 0.705. The Bertz CT molecular complexity index is 252. The fourth-order valence-electron chi connectivity index (χ4n) is 0.697. The van der Waals surface area contributed by atoms with Gasteiger partial charge in [0.05, 0.1) is 10.0 Å². The fourth-order valence-corrected chi connectivity index (χ4v) is 0.995. The molecule has 1 aromatic rings. The Morgan fingerprint density at radius 2 is 2.00 bits per heavy atom. The summed E-state index contributed by atoms with van der Waals surface area (Å²) in [6, 6.07) is 5.06. The molecule has 0 saturated heterocycles. The standard InChI is InChI=1S/C7H7Cl2NO/c8-6-2-1-5(10-4-11)3-7(6)9/h1-3,10-11H,4H2. The van der Waals surface area contributed by atoms with E-state index in [1.54, 1.807) is 18.2 Å². The molecule has 0 unspecified atom stereocenters. The highest BCUT2D eigenvalue weighted by molar-refractivity contribution is 6.42. The number of hydrogen-bond acceptors (Lipinski definition) is 2. The molecular weight excluding hydrogens is 185 g/mol. The maximum absolute atomic E-state index is 8.49. The van der Waals surface area contributed by atoms with Crippen LogP contribution in [-0.4, -0.2) is 11.8 Å². The van der Waals surface area contributed by atoms with Crippen LogP contribution >= 0.6 is 23.2 Å². The second-order valence-electron chi connectivity index (χ2n) is 1.96. The largest absolute Gasteiger partial charge is 0.377 e. The van der Waals surface area contributed by atoms with Crippen molar-refractivity contribution in [1.82, 2.24) is 0 Å². The van der Waals surface area contributed by atoms with Gasteiger partial charge in [-0.15, -0.1) is 0 Å². The van der Waals surface area contributed by atoms with Crippen LogP contribution in [0, 0.1) is 0 Å². The van der Waals surface area contributed by atoms with E-state index < -0.39 is 0 Å². The molecule has 0 aliphatic carbocycles. The summed E-state index contributed by atoms with van der Waals surface area (Å²) in [5.74, 6) is 0. The molecule has 4 heteroatoms. The Balaban J connectivity index is 2.86. The van der Waals surface area contributed by atoms with E-state index in [0.29, 0.717) is 10.0 Å². The highest BCUT2D eigenvalue weighted by Gasteiger charge is 1.97. The molecule has 60 valence electrons. The van der Waals surface area contributed by atoms with Crippen molar-refractivity contribution in [3.05, 3.63) is 28.2 Å². The van der Waals surface area contributed by atoms with Crippen LogP contribution in [0.25, 0.3) is 0 Å². The van der Waals surface area contributed by atoms with E-state index in [2.05, 4.69) is 5.32 Å². The number of halogens is 2. The van der Waals surface area contributed by atoms with Gasteiger partial charge in [0.15, 0.2) is 0 Å². The van der Waals surface area contributed by atoms with Crippen molar-refractivity contribution >= 4 is 28.9 Å². The zero-order chi connectivity index (χ0) is 8.27. The maximum Gasteiger partial charge on any atom is 0.113 e. The molecule has 2 nitrogen and oxygen atoms in total. The van der Waals surface area contributed by atoms with Gasteiger partial charge in [-0.2, -0.15) is 0 Å². The zero-order valence-corrected chi connectivity index (χ0v) is 7.15. The predicted molar refractivity (Wildman–Crippen MR) is 47.2 cm³/mol. The summed E-state index contributed by atoms with van der Waals surface area (Å²) in [4.78, 5) is 0. The fraction of sp³-hybridized carbons (Fsp3) is 0.143. The van der Waals surface area contributed by atoms with Crippen LogP contribution in [0.15, 0.2) is 18.2 Å². The molecule has 0 atom stereocenters. The van der Waals surface area contributed by atoms with Crippen molar-refractivity contribution in [3.8, 4) is 0 Å². The van der Waals surface area contributed by atoms with Gasteiger partial charge >= 0.3 is 0 Å². The Labute approximate surface area is 74.7 Å². The van der Waals surface area contributed by atoms with Gasteiger partial charge in [-0.1, -0.05) is 23.2 Å². The summed E-state index contributed by atoms with van der Waals surface area (Å²) >= 11 is 11.4. The molecule has 0 saturated carbocycles. The topological polar surface area (TPSA) is 32.3 Å². The molecule has 11 heavy (non-hydrogen) atoms. The minimum Gasteiger partial charge on any atom is -0.377 e. The minimum atomic E-state index is -0.113. The SMILES string of the molecule is OCNc1ccc(Cl)c(Cl)c1. The Morgan fingerprint density at radius 1 is 1.27 bits per heavy atom. The Morgan fingerprint density at radius 3 is 2.55 bits per heavy atom. The molecule has 1 aromatic carbocycles. The van der Waals surface area contributed by atoms with Gasteiger partial charge in [-0.25, -0.2) is 0 Å². The van der Waals surface area contributed by atoms with Crippen LogP contribution in [-0.2, 0) is 0 Å². The number of benzene rings is 1. The lowest BCUT2D eigenvalue weighted by Gasteiger charge is -2.02. The van der Waals surface area contributed by atoms with E-state index in [0.717, 1.165) is 5.69 Å². The van der Waals surface area contributed by atoms with Gasteiger partial charge < -0.3 is 10.4 Å². The van der Waals surface area contributed by atoms with Crippen molar-refractivity contribution in [1.29, 1.82) is 0 Å². The summed E-state index contributed by atoms with van der Waals surface area (Å²) in [5, 5.41) is 12.2. The molecule has 0 spiro atoms. The van der Waals surface area contributed by atoms with Gasteiger partial charge in [0.25, 0.3) is 0 Å². The molecular formula is C7H7Cl2NO. The van der Waals surface area contributed by atoms with Gasteiger partial charge in [0.1, 0.15) is 6.73 Å². The lowest BCUT2D eigenvalue weighted by molar-refractivity contribution is 0.325. The maximum atomic E-state index is 8.49. The molecule has 0 radical (unpaired) electrons. The average molecular weight is 192 g/mol. The first-order chi connectivity index (χ1) is 5.24. The molecule has 2 N–H and O–H groups in total. The Hall–Kier alpha value is -0.440. The first-order valence-electron chi connectivity index (χ1n) is 3.04. The van der Waals surface area contributed by atoms with E-state index in [9.17, 15) is 0 Å². The minimum absolute atomic E-state index is 0.113. The van der Waals surface area contributed by atoms with E-state index in [1.807, 2.05) is 0 Å². The van der Waals surface area contributed by atoms with Crippen LogP contribution in [0.4, 0.5) is 5.69 Å². The highest BCUT2D eigenvalue weighted by Crippen LogP contribution is 2.24. The van der Waals surface area contributed by atoms with E-state index in [1.165, 1.54) is 0 Å². The predicted octanol–water partition coefficient (Wildman–Crippen LogP) is 2.36. The van der Waals surface area contributed by atoms with Gasteiger partial charge in [0.2, 0.25) is 0 Å². The first-order valence-corrected chi connectivity index (χ1v) is 3.79. The average Bonchev–Trinajstić information content (AvgIpc) is 1.98. The third kappa shape index (κ3) is 2.26. The normalized spacial score (nSPS) is 9.73. The Kier molecular flexibility index (Phi) is 3.00. The third-order valence-electron chi connectivity index (χ3n) is 1.20. The number of aliphatic hydroxyl groups is 1. The second-order valence-corrected chi connectivity index (χ2v) is 2.78.